The lowest BCUT2D eigenvalue weighted by atomic mass is 10.1. The van der Waals surface area contributed by atoms with Gasteiger partial charge in [0.25, 0.3) is 0 Å². The van der Waals surface area contributed by atoms with Gasteiger partial charge in [-0.3, -0.25) is 0 Å². The molecule has 0 bridgehead atoms. The van der Waals surface area contributed by atoms with Gasteiger partial charge in [0.05, 0.1) is 10.2 Å². The van der Waals surface area contributed by atoms with Crippen LogP contribution in [-0.2, 0) is 12.8 Å². The van der Waals surface area contributed by atoms with E-state index in [4.69, 9.17) is 9.97 Å². The molecule has 0 spiro atoms. The van der Waals surface area contributed by atoms with Crippen molar-refractivity contribution in [2.75, 3.05) is 11.9 Å². The molecule has 0 saturated carbocycles. The second kappa shape index (κ2) is 6.14. The highest BCUT2D eigenvalue weighted by Gasteiger charge is 2.25. The van der Waals surface area contributed by atoms with Crippen molar-refractivity contribution >= 4 is 21.7 Å². The predicted octanol–water partition coefficient (Wildman–Crippen LogP) is 4.25. The van der Waals surface area contributed by atoms with Gasteiger partial charge in [-0.05, 0) is 53.2 Å². The van der Waals surface area contributed by atoms with Crippen molar-refractivity contribution in [1.82, 2.24) is 9.97 Å². The van der Waals surface area contributed by atoms with Crippen LogP contribution >= 0.6 is 15.9 Å². The van der Waals surface area contributed by atoms with E-state index < -0.39 is 0 Å². The molecule has 2 aromatic rings. The molecule has 1 aliphatic carbocycles. The van der Waals surface area contributed by atoms with Crippen LogP contribution in [0.4, 0.5) is 5.82 Å². The first-order chi connectivity index (χ1) is 10.2. The van der Waals surface area contributed by atoms with Gasteiger partial charge in [-0.1, -0.05) is 31.2 Å². The maximum atomic E-state index is 4.77. The molecule has 0 amide bonds. The molecule has 1 aliphatic rings. The summed E-state index contributed by atoms with van der Waals surface area (Å²) in [4.78, 5) is 9.48. The van der Waals surface area contributed by atoms with Crippen LogP contribution in [0.25, 0.3) is 0 Å². The van der Waals surface area contributed by atoms with Gasteiger partial charge >= 0.3 is 0 Å². The van der Waals surface area contributed by atoms with Gasteiger partial charge in [-0.2, -0.15) is 0 Å². The Kier molecular flexibility index (Phi) is 4.24. The monoisotopic (exact) mass is 345 g/mol. The maximum absolute atomic E-state index is 4.77. The molecule has 0 unspecified atom stereocenters. The van der Waals surface area contributed by atoms with Crippen molar-refractivity contribution in [1.29, 1.82) is 0 Å². The van der Waals surface area contributed by atoms with E-state index in [0.29, 0.717) is 5.92 Å². The third-order valence-corrected chi connectivity index (χ3v) is 4.94. The number of hydrogen-bond acceptors (Lipinski definition) is 3. The third-order valence-electron chi connectivity index (χ3n) is 3.99. The Morgan fingerprint density at radius 1 is 1.19 bits per heavy atom. The zero-order valence-electron chi connectivity index (χ0n) is 12.5. The van der Waals surface area contributed by atoms with Gasteiger partial charge in [0.15, 0.2) is 0 Å². The first-order valence-electron chi connectivity index (χ1n) is 7.53. The Bertz CT molecular complexity index is 629. The molecule has 1 aromatic heterocycles. The van der Waals surface area contributed by atoms with Gasteiger partial charge < -0.3 is 5.32 Å². The Labute approximate surface area is 134 Å². The molecule has 21 heavy (non-hydrogen) atoms. The van der Waals surface area contributed by atoms with E-state index in [2.05, 4.69) is 52.4 Å². The molecule has 110 valence electrons. The highest BCUT2D eigenvalue weighted by Crippen LogP contribution is 2.34. The smallest absolute Gasteiger partial charge is 0.144 e. The molecular formula is C17H20BrN3. The second-order valence-corrected chi connectivity index (χ2v) is 6.42. The van der Waals surface area contributed by atoms with Crippen LogP contribution in [0.3, 0.4) is 0 Å². The molecule has 0 saturated heterocycles. The minimum atomic E-state index is 0.399. The number of anilines is 1. The average Bonchev–Trinajstić information content (AvgIpc) is 2.92. The number of fused-ring (bicyclic) bond motifs is 1. The SMILES string of the molecule is CCCNc1nc(C2Cc3ccccc3C2)nc(C)c1Br. The summed E-state index contributed by atoms with van der Waals surface area (Å²) in [6, 6.07) is 8.67. The van der Waals surface area contributed by atoms with E-state index in [-0.39, 0.29) is 0 Å². The molecule has 3 nitrogen and oxygen atoms in total. The number of nitrogens with one attached hydrogen (secondary N) is 1. The Balaban J connectivity index is 1.88. The topological polar surface area (TPSA) is 37.8 Å². The number of nitrogens with zero attached hydrogens (tertiary/aromatic N) is 2. The number of halogens is 1. The molecule has 3 rings (SSSR count). The summed E-state index contributed by atoms with van der Waals surface area (Å²) in [6.07, 6.45) is 3.18. The summed E-state index contributed by atoms with van der Waals surface area (Å²) in [5.41, 5.74) is 3.89. The van der Waals surface area contributed by atoms with Crippen molar-refractivity contribution in [2.24, 2.45) is 0 Å². The van der Waals surface area contributed by atoms with E-state index in [1.54, 1.807) is 0 Å². The van der Waals surface area contributed by atoms with Crippen LogP contribution in [0, 0.1) is 6.92 Å². The quantitative estimate of drug-likeness (QED) is 0.899. The van der Waals surface area contributed by atoms with Crippen LogP contribution in [0.1, 0.15) is 41.9 Å². The van der Waals surface area contributed by atoms with E-state index in [1.807, 2.05) is 6.92 Å². The largest absolute Gasteiger partial charge is 0.369 e. The lowest BCUT2D eigenvalue weighted by Crippen LogP contribution is -2.11. The lowest BCUT2D eigenvalue weighted by molar-refractivity contribution is 0.677. The first kappa shape index (κ1) is 14.5. The number of benzene rings is 1. The number of aryl methyl sites for hydroxylation is 1. The summed E-state index contributed by atoms with van der Waals surface area (Å²) >= 11 is 3.59. The molecule has 4 heteroatoms. The molecule has 1 aromatic carbocycles. The number of aromatic nitrogens is 2. The van der Waals surface area contributed by atoms with Gasteiger partial charge in [0.2, 0.25) is 0 Å². The predicted molar refractivity (Wildman–Crippen MR) is 89.8 cm³/mol. The fourth-order valence-corrected chi connectivity index (χ4v) is 3.18. The molecule has 1 N–H and O–H groups in total. The molecule has 0 fully saturated rings. The first-order valence-corrected chi connectivity index (χ1v) is 8.33. The maximum Gasteiger partial charge on any atom is 0.144 e. The zero-order chi connectivity index (χ0) is 14.8. The third kappa shape index (κ3) is 2.95. The highest BCUT2D eigenvalue weighted by molar-refractivity contribution is 9.10. The van der Waals surface area contributed by atoms with Crippen LogP contribution in [0.5, 0.6) is 0 Å². The molecular weight excluding hydrogens is 326 g/mol. The molecule has 0 aliphatic heterocycles. The van der Waals surface area contributed by atoms with Crippen molar-refractivity contribution < 1.29 is 0 Å². The standard InChI is InChI=1S/C17H20BrN3/c1-3-8-19-17-15(18)11(2)20-16(21-17)14-9-12-6-4-5-7-13(12)10-14/h4-7,14H,3,8-10H2,1-2H3,(H,19,20,21). The van der Waals surface area contributed by atoms with E-state index in [9.17, 15) is 0 Å². The Morgan fingerprint density at radius 3 is 2.48 bits per heavy atom. The summed E-state index contributed by atoms with van der Waals surface area (Å²) in [6.45, 7) is 5.12. The van der Waals surface area contributed by atoms with Crippen LogP contribution in [-0.4, -0.2) is 16.5 Å². The van der Waals surface area contributed by atoms with Crippen LogP contribution in [0.2, 0.25) is 0 Å². The Hall–Kier alpha value is -1.42. The molecule has 1 heterocycles. The summed E-state index contributed by atoms with van der Waals surface area (Å²) in [5, 5.41) is 3.39. The summed E-state index contributed by atoms with van der Waals surface area (Å²) < 4.78 is 0.982. The highest BCUT2D eigenvalue weighted by atomic mass is 79.9. The summed E-state index contributed by atoms with van der Waals surface area (Å²) in [5.74, 6) is 2.29. The zero-order valence-corrected chi connectivity index (χ0v) is 14.1. The number of rotatable bonds is 4. The number of hydrogen-bond donors (Lipinski definition) is 1. The fourth-order valence-electron chi connectivity index (χ4n) is 2.87. The normalized spacial score (nSPS) is 14.2. The van der Waals surface area contributed by atoms with Crippen molar-refractivity contribution in [2.45, 2.75) is 39.0 Å². The second-order valence-electron chi connectivity index (χ2n) is 5.63. The average molecular weight is 346 g/mol. The van der Waals surface area contributed by atoms with Crippen molar-refractivity contribution in [3.05, 3.63) is 51.4 Å². The molecule has 0 radical (unpaired) electrons. The fraction of sp³-hybridized carbons (Fsp3) is 0.412. The van der Waals surface area contributed by atoms with Crippen molar-refractivity contribution in [3.8, 4) is 0 Å². The van der Waals surface area contributed by atoms with E-state index in [1.165, 1.54) is 11.1 Å². The van der Waals surface area contributed by atoms with Gasteiger partial charge in [-0.15, -0.1) is 0 Å². The van der Waals surface area contributed by atoms with Crippen LogP contribution in [0.15, 0.2) is 28.7 Å². The Morgan fingerprint density at radius 2 is 1.86 bits per heavy atom. The van der Waals surface area contributed by atoms with Crippen LogP contribution < -0.4 is 5.32 Å². The van der Waals surface area contributed by atoms with Crippen molar-refractivity contribution in [3.63, 3.8) is 0 Å². The molecule has 0 atom stereocenters. The summed E-state index contributed by atoms with van der Waals surface area (Å²) in [7, 11) is 0. The lowest BCUT2D eigenvalue weighted by Gasteiger charge is -2.14. The van der Waals surface area contributed by atoms with E-state index in [0.717, 1.165) is 47.6 Å². The minimum absolute atomic E-state index is 0.399. The van der Waals surface area contributed by atoms with Gasteiger partial charge in [0, 0.05) is 12.5 Å². The minimum Gasteiger partial charge on any atom is -0.369 e. The van der Waals surface area contributed by atoms with Gasteiger partial charge in [-0.25, -0.2) is 9.97 Å². The van der Waals surface area contributed by atoms with Gasteiger partial charge in [0.1, 0.15) is 11.6 Å². The van der Waals surface area contributed by atoms with E-state index >= 15 is 0 Å².